The Bertz CT molecular complexity index is 730. The van der Waals surface area contributed by atoms with Crippen LogP contribution in [0.15, 0.2) is 41.0 Å². The third-order valence-electron chi connectivity index (χ3n) is 2.78. The van der Waals surface area contributed by atoms with Gasteiger partial charge in [0.15, 0.2) is 0 Å². The molecule has 0 radical (unpaired) electrons. The van der Waals surface area contributed by atoms with Gasteiger partial charge in [-0.25, -0.2) is 8.42 Å². The highest BCUT2D eigenvalue weighted by molar-refractivity contribution is 9.10. The average molecular weight is 370 g/mol. The fourth-order valence-corrected chi connectivity index (χ4v) is 2.65. The van der Waals surface area contributed by atoms with E-state index < -0.39 is 10.0 Å². The van der Waals surface area contributed by atoms with E-state index in [0.29, 0.717) is 12.2 Å². The number of benzene rings is 1. The molecule has 0 saturated carbocycles. The maximum Gasteiger partial charge on any atom is 0.229 e. The first kappa shape index (κ1) is 15.8. The number of aryl methyl sites for hydroxylation is 1. The molecule has 7 heteroatoms. The number of halogens is 1. The van der Waals surface area contributed by atoms with E-state index in [1.54, 1.807) is 12.3 Å². The number of aromatic nitrogens is 1. The van der Waals surface area contributed by atoms with Crippen LogP contribution in [0.1, 0.15) is 11.3 Å². The van der Waals surface area contributed by atoms with Crippen LogP contribution in [0.5, 0.6) is 0 Å². The molecule has 2 rings (SSSR count). The van der Waals surface area contributed by atoms with Crippen LogP contribution in [0.3, 0.4) is 0 Å². The minimum Gasteiger partial charge on any atom is -0.379 e. The van der Waals surface area contributed by atoms with E-state index in [2.05, 4.69) is 31.0 Å². The van der Waals surface area contributed by atoms with Crippen molar-refractivity contribution in [2.24, 2.45) is 0 Å². The van der Waals surface area contributed by atoms with Gasteiger partial charge in [-0.15, -0.1) is 0 Å². The highest BCUT2D eigenvalue weighted by Crippen LogP contribution is 2.21. The highest BCUT2D eigenvalue weighted by atomic mass is 79.9. The minimum absolute atomic E-state index is 0.588. The van der Waals surface area contributed by atoms with Crippen molar-refractivity contribution in [1.29, 1.82) is 0 Å². The lowest BCUT2D eigenvalue weighted by molar-refractivity contribution is 0.607. The minimum atomic E-state index is -3.26. The first-order valence-corrected chi connectivity index (χ1v) is 8.95. The number of anilines is 2. The number of pyridine rings is 1. The topological polar surface area (TPSA) is 71.1 Å². The van der Waals surface area contributed by atoms with E-state index in [4.69, 9.17) is 0 Å². The number of sulfonamides is 1. The van der Waals surface area contributed by atoms with Gasteiger partial charge < -0.3 is 5.32 Å². The molecule has 0 aliphatic carbocycles. The largest absolute Gasteiger partial charge is 0.379 e. The molecule has 2 N–H and O–H groups in total. The van der Waals surface area contributed by atoms with Gasteiger partial charge in [0.05, 0.1) is 24.2 Å². The van der Waals surface area contributed by atoms with Gasteiger partial charge in [-0.2, -0.15) is 0 Å². The van der Waals surface area contributed by atoms with E-state index >= 15 is 0 Å². The molecule has 0 atom stereocenters. The summed E-state index contributed by atoms with van der Waals surface area (Å²) in [5.41, 5.74) is 3.28. The van der Waals surface area contributed by atoms with Crippen LogP contribution in [0.2, 0.25) is 0 Å². The van der Waals surface area contributed by atoms with Crippen LogP contribution in [0.4, 0.5) is 11.4 Å². The predicted octanol–water partition coefficient (Wildman–Crippen LogP) is 3.14. The summed E-state index contributed by atoms with van der Waals surface area (Å²) >= 11 is 3.34. The summed E-state index contributed by atoms with van der Waals surface area (Å²) in [6.45, 7) is 2.46. The van der Waals surface area contributed by atoms with Crippen LogP contribution in [-0.4, -0.2) is 19.7 Å². The van der Waals surface area contributed by atoms with Gasteiger partial charge in [0.2, 0.25) is 10.0 Å². The van der Waals surface area contributed by atoms with E-state index in [9.17, 15) is 8.42 Å². The maximum atomic E-state index is 11.2. The Morgan fingerprint density at radius 3 is 2.57 bits per heavy atom. The summed E-state index contributed by atoms with van der Waals surface area (Å²) in [6.07, 6.45) is 2.89. The number of hydrogen-bond donors (Lipinski definition) is 2. The predicted molar refractivity (Wildman–Crippen MR) is 88.9 cm³/mol. The molecular weight excluding hydrogens is 354 g/mol. The first-order chi connectivity index (χ1) is 9.83. The second-order valence-electron chi connectivity index (χ2n) is 4.73. The smallest absolute Gasteiger partial charge is 0.229 e. The normalized spacial score (nSPS) is 11.2. The molecule has 112 valence electrons. The zero-order valence-electron chi connectivity index (χ0n) is 11.7. The van der Waals surface area contributed by atoms with Gasteiger partial charge >= 0.3 is 0 Å². The second-order valence-corrected chi connectivity index (χ2v) is 7.39. The Labute approximate surface area is 133 Å². The van der Waals surface area contributed by atoms with Crippen molar-refractivity contribution in [3.8, 4) is 0 Å². The molecule has 0 fully saturated rings. The van der Waals surface area contributed by atoms with Gasteiger partial charge in [-0.05, 0) is 58.7 Å². The number of hydrogen-bond acceptors (Lipinski definition) is 4. The summed E-state index contributed by atoms with van der Waals surface area (Å²) in [5.74, 6) is 0. The van der Waals surface area contributed by atoms with Crippen LogP contribution >= 0.6 is 15.9 Å². The van der Waals surface area contributed by atoms with E-state index in [0.717, 1.165) is 27.7 Å². The summed E-state index contributed by atoms with van der Waals surface area (Å²) in [5, 5.41) is 3.26. The molecular formula is C14H16BrN3O2S. The summed E-state index contributed by atoms with van der Waals surface area (Å²) in [7, 11) is -3.26. The van der Waals surface area contributed by atoms with E-state index in [1.807, 2.05) is 31.2 Å². The molecule has 0 spiro atoms. The van der Waals surface area contributed by atoms with Gasteiger partial charge in [0, 0.05) is 16.4 Å². The van der Waals surface area contributed by atoms with E-state index in [1.165, 1.54) is 0 Å². The highest BCUT2D eigenvalue weighted by Gasteiger charge is 2.05. The maximum absolute atomic E-state index is 11.2. The van der Waals surface area contributed by atoms with Crippen molar-refractivity contribution in [3.63, 3.8) is 0 Å². The lowest BCUT2D eigenvalue weighted by Gasteiger charge is -2.11. The van der Waals surface area contributed by atoms with Crippen molar-refractivity contribution in [2.45, 2.75) is 13.5 Å². The number of rotatable bonds is 5. The summed E-state index contributed by atoms with van der Waals surface area (Å²) in [4.78, 5) is 4.28. The monoisotopic (exact) mass is 369 g/mol. The van der Waals surface area contributed by atoms with Crippen molar-refractivity contribution < 1.29 is 8.42 Å². The molecule has 0 aliphatic heterocycles. The van der Waals surface area contributed by atoms with Crippen LogP contribution in [0, 0.1) is 6.92 Å². The van der Waals surface area contributed by atoms with Crippen LogP contribution in [-0.2, 0) is 16.6 Å². The summed E-state index contributed by atoms with van der Waals surface area (Å²) in [6, 6.07) is 9.34. The molecule has 0 bridgehead atoms. The lowest BCUT2D eigenvalue weighted by Crippen LogP contribution is -2.10. The molecule has 0 aliphatic rings. The van der Waals surface area contributed by atoms with Crippen molar-refractivity contribution in [1.82, 2.24) is 4.98 Å². The first-order valence-electron chi connectivity index (χ1n) is 6.26. The van der Waals surface area contributed by atoms with Crippen molar-refractivity contribution in [2.75, 3.05) is 16.3 Å². The van der Waals surface area contributed by atoms with Crippen molar-refractivity contribution in [3.05, 3.63) is 52.3 Å². The Balaban J connectivity index is 2.05. The van der Waals surface area contributed by atoms with Gasteiger partial charge in [-0.1, -0.05) is 0 Å². The Morgan fingerprint density at radius 1 is 1.24 bits per heavy atom. The van der Waals surface area contributed by atoms with Crippen LogP contribution < -0.4 is 10.0 Å². The van der Waals surface area contributed by atoms with Crippen molar-refractivity contribution >= 4 is 37.3 Å². The van der Waals surface area contributed by atoms with E-state index in [-0.39, 0.29) is 0 Å². The SMILES string of the molecule is Cc1cc(NCc2ccc(Br)cn2)ccc1NS(C)(=O)=O. The molecule has 5 nitrogen and oxygen atoms in total. The molecule has 2 aromatic rings. The Hall–Kier alpha value is -1.60. The second kappa shape index (κ2) is 6.44. The molecule has 21 heavy (non-hydrogen) atoms. The fraction of sp³-hybridized carbons (Fsp3) is 0.214. The van der Waals surface area contributed by atoms with Gasteiger partial charge in [-0.3, -0.25) is 9.71 Å². The fourth-order valence-electron chi connectivity index (χ4n) is 1.79. The average Bonchev–Trinajstić information content (AvgIpc) is 2.40. The number of nitrogens with zero attached hydrogens (tertiary/aromatic N) is 1. The molecule has 1 heterocycles. The quantitative estimate of drug-likeness (QED) is 0.848. The molecule has 0 amide bonds. The van der Waals surface area contributed by atoms with Gasteiger partial charge in [0.25, 0.3) is 0 Å². The molecule has 0 unspecified atom stereocenters. The lowest BCUT2D eigenvalue weighted by atomic mass is 10.2. The molecule has 1 aromatic heterocycles. The van der Waals surface area contributed by atoms with Gasteiger partial charge in [0.1, 0.15) is 0 Å². The third-order valence-corrected chi connectivity index (χ3v) is 3.84. The zero-order chi connectivity index (χ0) is 15.5. The molecule has 0 saturated heterocycles. The number of nitrogens with one attached hydrogen (secondary N) is 2. The Kier molecular flexibility index (Phi) is 4.84. The zero-order valence-corrected chi connectivity index (χ0v) is 14.1. The molecule has 1 aromatic carbocycles. The third kappa shape index (κ3) is 5.02. The summed E-state index contributed by atoms with van der Waals surface area (Å²) < 4.78 is 25.9. The van der Waals surface area contributed by atoms with Crippen LogP contribution in [0.25, 0.3) is 0 Å². The standard InChI is InChI=1S/C14H16BrN3O2S/c1-10-7-12(5-6-14(10)18-21(2,19)20)17-9-13-4-3-11(15)8-16-13/h3-8,17-18H,9H2,1-2H3. The Morgan fingerprint density at radius 2 is 2.00 bits per heavy atom.